The van der Waals surface area contributed by atoms with Crippen molar-refractivity contribution in [1.29, 1.82) is 5.26 Å². The van der Waals surface area contributed by atoms with Crippen LogP contribution in [0.25, 0.3) is 5.70 Å². The average molecular weight is 312 g/mol. The highest BCUT2D eigenvalue weighted by Crippen LogP contribution is 2.25. The minimum Gasteiger partial charge on any atom is -0.356 e. The SMILES string of the molecule is C=N/C(=C\C=NCC)c1cnc(N2CCCC2)c(C#N)c1.CN. The van der Waals surface area contributed by atoms with Gasteiger partial charge in [0.2, 0.25) is 0 Å². The van der Waals surface area contributed by atoms with Crippen molar-refractivity contribution in [3.8, 4) is 6.07 Å². The van der Waals surface area contributed by atoms with Crippen molar-refractivity contribution in [1.82, 2.24) is 4.98 Å². The lowest BCUT2D eigenvalue weighted by Gasteiger charge is -2.17. The van der Waals surface area contributed by atoms with Crippen LogP contribution < -0.4 is 10.6 Å². The van der Waals surface area contributed by atoms with Crippen molar-refractivity contribution in [2.24, 2.45) is 15.7 Å². The van der Waals surface area contributed by atoms with Crippen molar-refractivity contribution in [3.63, 3.8) is 0 Å². The fourth-order valence-electron chi connectivity index (χ4n) is 2.33. The smallest absolute Gasteiger partial charge is 0.146 e. The van der Waals surface area contributed by atoms with Crippen LogP contribution in [0.5, 0.6) is 0 Å². The van der Waals surface area contributed by atoms with Crippen molar-refractivity contribution in [2.45, 2.75) is 19.8 Å². The fourth-order valence-corrected chi connectivity index (χ4v) is 2.33. The zero-order valence-electron chi connectivity index (χ0n) is 13.9. The Morgan fingerprint density at radius 1 is 1.48 bits per heavy atom. The maximum absolute atomic E-state index is 9.36. The summed E-state index contributed by atoms with van der Waals surface area (Å²) in [4.78, 5) is 14.7. The first kappa shape index (κ1) is 18.5. The first-order chi connectivity index (χ1) is 11.3. The quantitative estimate of drug-likeness (QED) is 0.844. The minimum atomic E-state index is 0.580. The first-order valence-corrected chi connectivity index (χ1v) is 7.70. The second-order valence-corrected chi connectivity index (χ2v) is 4.76. The highest BCUT2D eigenvalue weighted by Gasteiger charge is 2.17. The molecule has 0 atom stereocenters. The molecule has 1 fully saturated rings. The van der Waals surface area contributed by atoms with E-state index in [2.05, 4.69) is 38.4 Å². The third kappa shape index (κ3) is 5.01. The number of nitrogens with two attached hydrogens (primary N) is 1. The molecule has 2 heterocycles. The van der Waals surface area contributed by atoms with E-state index in [1.807, 2.05) is 13.0 Å². The number of anilines is 1. The van der Waals surface area contributed by atoms with Gasteiger partial charge in [-0.15, -0.1) is 0 Å². The molecule has 1 aliphatic rings. The standard InChI is InChI=1S/C16H19N5.CH5N/c1-3-19-7-6-15(18-2)14-10-13(11-17)16(20-12-14)21-8-4-5-9-21;1-2/h6-7,10,12H,2-5,8-9H2,1H3;2H2,1H3/b15-6-,19-7?;. The molecule has 2 N–H and O–H groups in total. The maximum atomic E-state index is 9.36. The van der Waals surface area contributed by atoms with Crippen LogP contribution in [-0.2, 0) is 0 Å². The average Bonchev–Trinajstić information content (AvgIpc) is 3.14. The monoisotopic (exact) mass is 312 g/mol. The number of nitrogens with zero attached hydrogens (tertiary/aromatic N) is 5. The third-order valence-corrected chi connectivity index (χ3v) is 3.38. The summed E-state index contributed by atoms with van der Waals surface area (Å²) in [5.74, 6) is 0.768. The van der Waals surface area contributed by atoms with Gasteiger partial charge in [-0.25, -0.2) is 4.98 Å². The molecular weight excluding hydrogens is 288 g/mol. The summed E-state index contributed by atoms with van der Waals surface area (Å²) in [6, 6.07) is 4.05. The van der Waals surface area contributed by atoms with Crippen molar-refractivity contribution in [2.75, 3.05) is 31.6 Å². The van der Waals surface area contributed by atoms with Crippen LogP contribution in [0.2, 0.25) is 0 Å². The molecule has 0 spiro atoms. The van der Waals surface area contributed by atoms with E-state index >= 15 is 0 Å². The molecule has 0 amide bonds. The predicted octanol–water partition coefficient (Wildman–Crippen LogP) is 2.26. The van der Waals surface area contributed by atoms with Crippen LogP contribution in [0, 0.1) is 11.3 Å². The summed E-state index contributed by atoms with van der Waals surface area (Å²) >= 11 is 0. The van der Waals surface area contributed by atoms with Gasteiger partial charge in [-0.05, 0) is 45.7 Å². The Labute approximate surface area is 138 Å². The minimum absolute atomic E-state index is 0.580. The molecule has 122 valence electrons. The van der Waals surface area contributed by atoms with Gasteiger partial charge in [-0.3, -0.25) is 9.98 Å². The van der Waals surface area contributed by atoms with Gasteiger partial charge in [0.15, 0.2) is 0 Å². The van der Waals surface area contributed by atoms with Gasteiger partial charge in [0, 0.05) is 37.6 Å². The molecule has 1 saturated heterocycles. The Balaban J connectivity index is 0.00000127. The second-order valence-electron chi connectivity index (χ2n) is 4.76. The molecule has 1 aliphatic heterocycles. The zero-order chi connectivity index (χ0) is 17.1. The Morgan fingerprint density at radius 2 is 2.17 bits per heavy atom. The van der Waals surface area contributed by atoms with Crippen molar-refractivity contribution >= 4 is 24.4 Å². The summed E-state index contributed by atoms with van der Waals surface area (Å²) in [5, 5.41) is 9.36. The Morgan fingerprint density at radius 3 is 2.74 bits per heavy atom. The lowest BCUT2D eigenvalue weighted by Crippen LogP contribution is -2.20. The van der Waals surface area contributed by atoms with Crippen LogP contribution in [0.1, 0.15) is 30.9 Å². The zero-order valence-corrected chi connectivity index (χ0v) is 13.9. The molecule has 0 aliphatic carbocycles. The Bertz CT molecular complexity index is 606. The molecule has 0 radical (unpaired) electrons. The van der Waals surface area contributed by atoms with Gasteiger partial charge in [-0.2, -0.15) is 5.26 Å². The number of aromatic nitrogens is 1. The number of aliphatic imine (C=N–C) groups is 2. The normalized spacial score (nSPS) is 14.3. The topological polar surface area (TPSA) is 90.7 Å². The Kier molecular flexibility index (Phi) is 8.25. The van der Waals surface area contributed by atoms with E-state index in [9.17, 15) is 5.26 Å². The van der Waals surface area contributed by atoms with Crippen LogP contribution in [0.4, 0.5) is 5.82 Å². The van der Waals surface area contributed by atoms with E-state index in [0.717, 1.165) is 43.9 Å². The van der Waals surface area contributed by atoms with Crippen LogP contribution in [0.15, 0.2) is 28.3 Å². The third-order valence-electron chi connectivity index (χ3n) is 3.38. The van der Waals surface area contributed by atoms with Gasteiger partial charge in [0.05, 0.1) is 11.3 Å². The van der Waals surface area contributed by atoms with Crippen LogP contribution in [0.3, 0.4) is 0 Å². The van der Waals surface area contributed by atoms with Crippen LogP contribution >= 0.6 is 0 Å². The molecule has 6 heteroatoms. The first-order valence-electron chi connectivity index (χ1n) is 7.70. The van der Waals surface area contributed by atoms with Crippen molar-refractivity contribution in [3.05, 3.63) is 29.5 Å². The summed E-state index contributed by atoms with van der Waals surface area (Å²) < 4.78 is 0. The number of hydrogen-bond donors (Lipinski definition) is 1. The highest BCUT2D eigenvalue weighted by atomic mass is 15.2. The number of rotatable bonds is 5. The highest BCUT2D eigenvalue weighted by molar-refractivity contribution is 5.85. The molecular formula is C17H24N6. The van der Waals surface area contributed by atoms with Gasteiger partial charge in [0.25, 0.3) is 0 Å². The predicted molar refractivity (Wildman–Crippen MR) is 97.1 cm³/mol. The lowest BCUT2D eigenvalue weighted by atomic mass is 10.1. The molecule has 0 bridgehead atoms. The van der Waals surface area contributed by atoms with E-state index in [-0.39, 0.29) is 0 Å². The summed E-state index contributed by atoms with van der Waals surface area (Å²) in [6.45, 7) is 8.18. The molecule has 1 aromatic heterocycles. The summed E-state index contributed by atoms with van der Waals surface area (Å²) in [7, 11) is 1.50. The van der Waals surface area contributed by atoms with Gasteiger partial charge in [0.1, 0.15) is 11.9 Å². The van der Waals surface area contributed by atoms with E-state index in [0.29, 0.717) is 11.3 Å². The second kappa shape index (κ2) is 10.2. The van der Waals surface area contributed by atoms with E-state index in [4.69, 9.17) is 0 Å². The van der Waals surface area contributed by atoms with Crippen LogP contribution in [-0.4, -0.2) is 44.6 Å². The van der Waals surface area contributed by atoms with Gasteiger partial charge in [-0.1, -0.05) is 0 Å². The largest absolute Gasteiger partial charge is 0.356 e. The lowest BCUT2D eigenvalue weighted by molar-refractivity contribution is 0.933. The summed E-state index contributed by atoms with van der Waals surface area (Å²) in [5.41, 5.74) is 6.53. The fraction of sp³-hybridized carbons (Fsp3) is 0.412. The van der Waals surface area contributed by atoms with Gasteiger partial charge < -0.3 is 10.6 Å². The molecule has 0 unspecified atom stereocenters. The molecule has 23 heavy (non-hydrogen) atoms. The molecule has 2 rings (SSSR count). The number of nitriles is 1. The number of allylic oxidation sites excluding steroid dienone is 1. The van der Waals surface area contributed by atoms with Crippen molar-refractivity contribution < 1.29 is 0 Å². The maximum Gasteiger partial charge on any atom is 0.146 e. The molecule has 0 aromatic carbocycles. The van der Waals surface area contributed by atoms with Gasteiger partial charge >= 0.3 is 0 Å². The summed E-state index contributed by atoms with van der Waals surface area (Å²) in [6.07, 6.45) is 7.53. The number of hydrogen-bond acceptors (Lipinski definition) is 6. The van der Waals surface area contributed by atoms with E-state index < -0.39 is 0 Å². The molecule has 1 aromatic rings. The Hall–Kier alpha value is -2.52. The molecule has 0 saturated carbocycles. The molecule has 6 nitrogen and oxygen atoms in total. The number of pyridine rings is 1. The van der Waals surface area contributed by atoms with E-state index in [1.54, 1.807) is 18.5 Å². The van der Waals surface area contributed by atoms with E-state index in [1.165, 1.54) is 7.05 Å².